The molecule has 0 aliphatic heterocycles. The van der Waals surface area contributed by atoms with E-state index in [0.717, 1.165) is 37.4 Å². The van der Waals surface area contributed by atoms with Gasteiger partial charge in [0.25, 0.3) is 0 Å². The fraction of sp³-hybridized carbons (Fsp3) is 0.333. The van der Waals surface area contributed by atoms with Crippen LogP contribution < -0.4 is 5.73 Å². The molecular weight excluding hydrogens is 354 g/mol. The fourth-order valence-electron chi connectivity index (χ4n) is 4.53. The minimum Gasteiger partial charge on any atom is -0.346 e. The van der Waals surface area contributed by atoms with Crippen LogP contribution in [0.25, 0.3) is 11.1 Å². The van der Waals surface area contributed by atoms with Gasteiger partial charge in [0.1, 0.15) is 11.6 Å². The second-order valence-electron chi connectivity index (χ2n) is 7.90. The molecule has 2 aromatic carbocycles. The SMILES string of the molecule is NCC1(c2cc(-c3cc(F)ccc3F)cn2Cc2ccccc2)CCCCC1. The molecule has 1 aliphatic carbocycles. The second-order valence-corrected chi connectivity index (χ2v) is 7.90. The zero-order valence-corrected chi connectivity index (χ0v) is 16.0. The number of rotatable bonds is 5. The molecule has 1 aromatic heterocycles. The van der Waals surface area contributed by atoms with Crippen molar-refractivity contribution in [2.75, 3.05) is 6.54 Å². The lowest BCUT2D eigenvalue weighted by Gasteiger charge is -2.37. The van der Waals surface area contributed by atoms with Crippen molar-refractivity contribution in [1.82, 2.24) is 4.57 Å². The van der Waals surface area contributed by atoms with E-state index in [9.17, 15) is 8.78 Å². The van der Waals surface area contributed by atoms with Gasteiger partial charge in [0.05, 0.1) is 0 Å². The summed E-state index contributed by atoms with van der Waals surface area (Å²) in [7, 11) is 0. The van der Waals surface area contributed by atoms with Crippen LogP contribution in [0.2, 0.25) is 0 Å². The van der Waals surface area contributed by atoms with E-state index >= 15 is 0 Å². The molecule has 0 bridgehead atoms. The maximum absolute atomic E-state index is 14.4. The average molecular weight is 380 g/mol. The van der Waals surface area contributed by atoms with Crippen molar-refractivity contribution in [3.8, 4) is 11.1 Å². The first-order chi connectivity index (χ1) is 13.6. The average Bonchev–Trinajstić information content (AvgIpc) is 3.15. The van der Waals surface area contributed by atoms with Crippen LogP contribution in [0.15, 0.2) is 60.8 Å². The van der Waals surface area contributed by atoms with Crippen molar-refractivity contribution in [2.45, 2.75) is 44.1 Å². The normalized spacial score (nSPS) is 16.2. The van der Waals surface area contributed by atoms with E-state index in [4.69, 9.17) is 5.73 Å². The molecule has 146 valence electrons. The van der Waals surface area contributed by atoms with Crippen LogP contribution in [0.3, 0.4) is 0 Å². The highest BCUT2D eigenvalue weighted by atomic mass is 19.1. The van der Waals surface area contributed by atoms with Crippen LogP contribution in [0, 0.1) is 11.6 Å². The zero-order chi connectivity index (χ0) is 19.6. The van der Waals surface area contributed by atoms with E-state index in [1.165, 1.54) is 24.1 Å². The summed E-state index contributed by atoms with van der Waals surface area (Å²) in [4.78, 5) is 0. The Morgan fingerprint density at radius 2 is 1.68 bits per heavy atom. The highest BCUT2D eigenvalue weighted by molar-refractivity contribution is 5.65. The molecule has 1 aliphatic rings. The summed E-state index contributed by atoms with van der Waals surface area (Å²) in [5.74, 6) is -0.838. The van der Waals surface area contributed by atoms with Gasteiger partial charge in [0.2, 0.25) is 0 Å². The number of aromatic nitrogens is 1. The molecule has 0 saturated heterocycles. The number of hydrogen-bond donors (Lipinski definition) is 1. The third-order valence-corrected chi connectivity index (χ3v) is 6.08. The molecule has 28 heavy (non-hydrogen) atoms. The number of hydrogen-bond acceptors (Lipinski definition) is 1. The van der Waals surface area contributed by atoms with Gasteiger partial charge >= 0.3 is 0 Å². The smallest absolute Gasteiger partial charge is 0.131 e. The van der Waals surface area contributed by atoms with Gasteiger partial charge in [-0.2, -0.15) is 0 Å². The summed E-state index contributed by atoms with van der Waals surface area (Å²) in [6, 6.07) is 15.9. The Hall–Kier alpha value is -2.46. The van der Waals surface area contributed by atoms with Crippen LogP contribution in [-0.4, -0.2) is 11.1 Å². The third-order valence-electron chi connectivity index (χ3n) is 6.08. The predicted molar refractivity (Wildman–Crippen MR) is 109 cm³/mol. The molecule has 2 N–H and O–H groups in total. The van der Waals surface area contributed by atoms with E-state index in [-0.39, 0.29) is 5.41 Å². The maximum atomic E-state index is 14.4. The molecule has 0 radical (unpaired) electrons. The number of halogens is 2. The summed E-state index contributed by atoms with van der Waals surface area (Å²) in [6.07, 6.45) is 7.55. The molecule has 1 saturated carbocycles. The lowest BCUT2D eigenvalue weighted by Crippen LogP contribution is -2.39. The van der Waals surface area contributed by atoms with Gasteiger partial charge in [-0.05, 0) is 42.7 Å². The van der Waals surface area contributed by atoms with Gasteiger partial charge in [-0.15, -0.1) is 0 Å². The third kappa shape index (κ3) is 3.61. The summed E-state index contributed by atoms with van der Waals surface area (Å²) < 4.78 is 30.4. The van der Waals surface area contributed by atoms with Crippen molar-refractivity contribution in [3.05, 3.63) is 83.7 Å². The highest BCUT2D eigenvalue weighted by Gasteiger charge is 2.35. The molecule has 1 fully saturated rings. The fourth-order valence-corrected chi connectivity index (χ4v) is 4.53. The summed E-state index contributed by atoms with van der Waals surface area (Å²) in [6.45, 7) is 1.26. The first-order valence-electron chi connectivity index (χ1n) is 10.0. The predicted octanol–water partition coefficient (Wildman–Crippen LogP) is 5.64. The lowest BCUT2D eigenvalue weighted by atomic mass is 9.71. The standard InChI is InChI=1S/C24H26F2N2/c25-20-9-10-22(26)21(14-20)19-13-23(24(17-27)11-5-2-6-12-24)28(16-19)15-18-7-3-1-4-8-18/h1,3-4,7-10,13-14,16H,2,5-6,11-12,15,17,27H2. The Balaban J connectivity index is 1.83. The van der Waals surface area contributed by atoms with E-state index < -0.39 is 11.6 Å². The van der Waals surface area contributed by atoms with Crippen LogP contribution in [0.4, 0.5) is 8.78 Å². The van der Waals surface area contributed by atoms with Gasteiger partial charge in [0, 0.05) is 41.5 Å². The Morgan fingerprint density at radius 3 is 2.39 bits per heavy atom. The molecule has 0 spiro atoms. The van der Waals surface area contributed by atoms with Crippen molar-refractivity contribution in [1.29, 1.82) is 0 Å². The lowest BCUT2D eigenvalue weighted by molar-refractivity contribution is 0.286. The van der Waals surface area contributed by atoms with Crippen molar-refractivity contribution >= 4 is 0 Å². The molecule has 1 heterocycles. The Morgan fingerprint density at radius 1 is 0.929 bits per heavy atom. The largest absolute Gasteiger partial charge is 0.346 e. The number of nitrogens with zero attached hydrogens (tertiary/aromatic N) is 1. The van der Waals surface area contributed by atoms with Crippen LogP contribution in [0.1, 0.15) is 43.4 Å². The van der Waals surface area contributed by atoms with Gasteiger partial charge in [0.15, 0.2) is 0 Å². The zero-order valence-electron chi connectivity index (χ0n) is 16.0. The summed E-state index contributed by atoms with van der Waals surface area (Å²) in [5.41, 5.74) is 9.51. The second kappa shape index (κ2) is 7.88. The maximum Gasteiger partial charge on any atom is 0.131 e. The van der Waals surface area contributed by atoms with Crippen LogP contribution in [0.5, 0.6) is 0 Å². The van der Waals surface area contributed by atoms with E-state index in [0.29, 0.717) is 24.2 Å². The molecule has 0 atom stereocenters. The molecule has 0 amide bonds. The topological polar surface area (TPSA) is 30.9 Å². The van der Waals surface area contributed by atoms with Gasteiger partial charge in [-0.25, -0.2) is 8.78 Å². The molecule has 2 nitrogen and oxygen atoms in total. The molecule has 4 rings (SSSR count). The number of nitrogens with two attached hydrogens (primary N) is 1. The summed E-state index contributed by atoms with van der Waals surface area (Å²) in [5, 5.41) is 0. The first kappa shape index (κ1) is 18.9. The molecule has 0 unspecified atom stereocenters. The Bertz CT molecular complexity index is 940. The Kier molecular flexibility index (Phi) is 5.31. The van der Waals surface area contributed by atoms with Gasteiger partial charge < -0.3 is 10.3 Å². The molecular formula is C24H26F2N2. The minimum atomic E-state index is -0.431. The minimum absolute atomic E-state index is 0.102. The first-order valence-corrected chi connectivity index (χ1v) is 10.0. The molecule has 4 heteroatoms. The van der Waals surface area contributed by atoms with Gasteiger partial charge in [-0.1, -0.05) is 49.6 Å². The monoisotopic (exact) mass is 380 g/mol. The van der Waals surface area contributed by atoms with E-state index in [2.05, 4.69) is 16.7 Å². The quantitative estimate of drug-likeness (QED) is 0.610. The summed E-state index contributed by atoms with van der Waals surface area (Å²) >= 11 is 0. The highest BCUT2D eigenvalue weighted by Crippen LogP contribution is 2.41. The van der Waals surface area contributed by atoms with Crippen LogP contribution >= 0.6 is 0 Å². The van der Waals surface area contributed by atoms with Crippen LogP contribution in [-0.2, 0) is 12.0 Å². The van der Waals surface area contributed by atoms with Crippen molar-refractivity contribution in [2.24, 2.45) is 5.73 Å². The van der Waals surface area contributed by atoms with Gasteiger partial charge in [-0.3, -0.25) is 0 Å². The Labute approximate surface area is 165 Å². The van der Waals surface area contributed by atoms with Crippen molar-refractivity contribution in [3.63, 3.8) is 0 Å². The van der Waals surface area contributed by atoms with Crippen molar-refractivity contribution < 1.29 is 8.78 Å². The van der Waals surface area contributed by atoms with E-state index in [1.54, 1.807) is 0 Å². The molecule has 3 aromatic rings. The van der Waals surface area contributed by atoms with E-state index in [1.807, 2.05) is 30.5 Å². The number of benzene rings is 2.